The second kappa shape index (κ2) is 5.23. The van der Waals surface area contributed by atoms with Crippen LogP contribution >= 0.6 is 0 Å². The van der Waals surface area contributed by atoms with E-state index in [-0.39, 0.29) is 11.7 Å². The smallest absolute Gasteiger partial charge is 0.254 e. The molecule has 1 aliphatic heterocycles. The Kier molecular flexibility index (Phi) is 3.68. The van der Waals surface area contributed by atoms with Crippen molar-refractivity contribution < 1.29 is 18.3 Å². The van der Waals surface area contributed by atoms with E-state index in [1.807, 2.05) is 0 Å². The standard InChI is InChI=1S/C12H13F2NO2/c13-10-5-1-4-9(11(10)14)12(16)15-7-8-3-2-6-17-8/h1,4-5,8H,2-3,6-7H2,(H,15,16). The van der Waals surface area contributed by atoms with Crippen molar-refractivity contribution in [2.75, 3.05) is 13.2 Å². The lowest BCUT2D eigenvalue weighted by Gasteiger charge is -2.11. The first-order chi connectivity index (χ1) is 8.18. The van der Waals surface area contributed by atoms with E-state index in [4.69, 9.17) is 4.74 Å². The van der Waals surface area contributed by atoms with E-state index >= 15 is 0 Å². The number of amides is 1. The fourth-order valence-corrected chi connectivity index (χ4v) is 1.79. The first-order valence-electron chi connectivity index (χ1n) is 5.52. The fourth-order valence-electron chi connectivity index (χ4n) is 1.79. The van der Waals surface area contributed by atoms with Crippen molar-refractivity contribution in [3.8, 4) is 0 Å². The van der Waals surface area contributed by atoms with Crippen LogP contribution in [0.3, 0.4) is 0 Å². The molecule has 1 aromatic carbocycles. The predicted molar refractivity (Wildman–Crippen MR) is 57.7 cm³/mol. The van der Waals surface area contributed by atoms with Gasteiger partial charge in [0.05, 0.1) is 11.7 Å². The largest absolute Gasteiger partial charge is 0.376 e. The molecule has 0 aliphatic carbocycles. The van der Waals surface area contributed by atoms with Crippen LogP contribution in [0.5, 0.6) is 0 Å². The third kappa shape index (κ3) is 2.79. The zero-order valence-electron chi connectivity index (χ0n) is 9.21. The lowest BCUT2D eigenvalue weighted by molar-refractivity contribution is 0.0853. The van der Waals surface area contributed by atoms with Gasteiger partial charge >= 0.3 is 0 Å². The zero-order chi connectivity index (χ0) is 12.3. The topological polar surface area (TPSA) is 38.3 Å². The molecule has 5 heteroatoms. The van der Waals surface area contributed by atoms with E-state index in [2.05, 4.69) is 5.32 Å². The van der Waals surface area contributed by atoms with Gasteiger partial charge in [0, 0.05) is 13.2 Å². The Balaban J connectivity index is 1.97. The summed E-state index contributed by atoms with van der Waals surface area (Å²) in [4.78, 5) is 11.6. The Morgan fingerprint density at radius 1 is 1.47 bits per heavy atom. The van der Waals surface area contributed by atoms with Crippen LogP contribution in [0.15, 0.2) is 18.2 Å². The summed E-state index contributed by atoms with van der Waals surface area (Å²) in [6.07, 6.45) is 1.83. The summed E-state index contributed by atoms with van der Waals surface area (Å²) in [5.74, 6) is -2.75. The molecular weight excluding hydrogens is 228 g/mol. The number of halogens is 2. The zero-order valence-corrected chi connectivity index (χ0v) is 9.21. The molecule has 0 spiro atoms. The fraction of sp³-hybridized carbons (Fsp3) is 0.417. The van der Waals surface area contributed by atoms with Crippen molar-refractivity contribution >= 4 is 5.91 Å². The number of hydrogen-bond acceptors (Lipinski definition) is 2. The molecule has 1 aromatic rings. The molecule has 0 saturated carbocycles. The van der Waals surface area contributed by atoms with Crippen molar-refractivity contribution in [1.29, 1.82) is 0 Å². The van der Waals surface area contributed by atoms with Crippen LogP contribution < -0.4 is 5.32 Å². The van der Waals surface area contributed by atoms with Gasteiger partial charge < -0.3 is 10.1 Å². The molecule has 1 heterocycles. The highest BCUT2D eigenvalue weighted by atomic mass is 19.2. The van der Waals surface area contributed by atoms with Crippen LogP contribution in [0.1, 0.15) is 23.2 Å². The maximum Gasteiger partial charge on any atom is 0.254 e. The highest BCUT2D eigenvalue weighted by molar-refractivity contribution is 5.94. The van der Waals surface area contributed by atoms with E-state index in [1.165, 1.54) is 12.1 Å². The summed E-state index contributed by atoms with van der Waals surface area (Å²) >= 11 is 0. The van der Waals surface area contributed by atoms with Gasteiger partial charge in [-0.25, -0.2) is 8.78 Å². The monoisotopic (exact) mass is 241 g/mol. The number of benzene rings is 1. The van der Waals surface area contributed by atoms with Gasteiger partial charge in [-0.2, -0.15) is 0 Å². The quantitative estimate of drug-likeness (QED) is 0.877. The van der Waals surface area contributed by atoms with E-state index in [0.29, 0.717) is 13.2 Å². The summed E-state index contributed by atoms with van der Waals surface area (Å²) < 4.78 is 31.5. The highest BCUT2D eigenvalue weighted by Gasteiger charge is 2.19. The molecule has 1 unspecified atom stereocenters. The second-order valence-corrected chi connectivity index (χ2v) is 3.95. The average Bonchev–Trinajstić information content (AvgIpc) is 2.82. The first-order valence-corrected chi connectivity index (χ1v) is 5.52. The number of ether oxygens (including phenoxy) is 1. The molecule has 0 aromatic heterocycles. The lowest BCUT2D eigenvalue weighted by atomic mass is 10.2. The minimum absolute atomic E-state index is 0.0180. The SMILES string of the molecule is O=C(NCC1CCCO1)c1cccc(F)c1F. The van der Waals surface area contributed by atoms with Crippen LogP contribution in [0.25, 0.3) is 0 Å². The molecule has 1 saturated heterocycles. The third-order valence-corrected chi connectivity index (χ3v) is 2.71. The van der Waals surface area contributed by atoms with Crippen molar-refractivity contribution in [2.45, 2.75) is 18.9 Å². The molecule has 1 amide bonds. The molecule has 2 rings (SSSR count). The number of carbonyl (C=O) groups is 1. The Morgan fingerprint density at radius 3 is 3.00 bits per heavy atom. The van der Waals surface area contributed by atoms with Gasteiger partial charge in [0.2, 0.25) is 0 Å². The van der Waals surface area contributed by atoms with Gasteiger partial charge in [-0.3, -0.25) is 4.79 Å². The van der Waals surface area contributed by atoms with Gasteiger partial charge in [0.15, 0.2) is 11.6 Å². The molecule has 17 heavy (non-hydrogen) atoms. The van der Waals surface area contributed by atoms with E-state index in [0.717, 1.165) is 18.9 Å². The Morgan fingerprint density at radius 2 is 2.29 bits per heavy atom. The second-order valence-electron chi connectivity index (χ2n) is 3.95. The van der Waals surface area contributed by atoms with E-state index in [9.17, 15) is 13.6 Å². The summed E-state index contributed by atoms with van der Waals surface area (Å²) in [5.41, 5.74) is -0.275. The number of rotatable bonds is 3. The number of carbonyl (C=O) groups excluding carboxylic acids is 1. The van der Waals surface area contributed by atoms with Crippen LogP contribution in [0, 0.1) is 11.6 Å². The minimum atomic E-state index is -1.11. The molecule has 1 atom stereocenters. The van der Waals surface area contributed by atoms with Crippen molar-refractivity contribution in [2.24, 2.45) is 0 Å². The summed E-state index contributed by atoms with van der Waals surface area (Å²) in [6.45, 7) is 1.02. The molecule has 0 radical (unpaired) electrons. The van der Waals surface area contributed by atoms with Crippen molar-refractivity contribution in [3.05, 3.63) is 35.4 Å². The maximum absolute atomic E-state index is 13.3. The first kappa shape index (κ1) is 12.0. The van der Waals surface area contributed by atoms with E-state index in [1.54, 1.807) is 0 Å². The van der Waals surface area contributed by atoms with E-state index < -0.39 is 17.5 Å². The molecule has 3 nitrogen and oxygen atoms in total. The average molecular weight is 241 g/mol. The minimum Gasteiger partial charge on any atom is -0.376 e. The Bertz CT molecular complexity index is 417. The summed E-state index contributed by atoms with van der Waals surface area (Å²) in [5, 5.41) is 2.54. The molecule has 1 fully saturated rings. The predicted octanol–water partition coefficient (Wildman–Crippen LogP) is 1.87. The molecule has 1 N–H and O–H groups in total. The summed E-state index contributed by atoms with van der Waals surface area (Å²) in [6, 6.07) is 3.54. The van der Waals surface area contributed by atoms with Crippen molar-refractivity contribution in [1.82, 2.24) is 5.32 Å². The number of hydrogen-bond donors (Lipinski definition) is 1. The summed E-state index contributed by atoms with van der Waals surface area (Å²) in [7, 11) is 0. The van der Waals surface area contributed by atoms with Gasteiger partial charge in [-0.05, 0) is 25.0 Å². The normalized spacial score (nSPS) is 19.3. The third-order valence-electron chi connectivity index (χ3n) is 2.71. The van der Waals surface area contributed by atoms with Crippen molar-refractivity contribution in [3.63, 3.8) is 0 Å². The van der Waals surface area contributed by atoms with Gasteiger partial charge in [0.25, 0.3) is 5.91 Å². The van der Waals surface area contributed by atoms with Gasteiger partial charge in [-0.15, -0.1) is 0 Å². The molecule has 92 valence electrons. The Labute approximate surface area is 97.8 Å². The molecular formula is C12H13F2NO2. The van der Waals surface area contributed by atoms with Gasteiger partial charge in [-0.1, -0.05) is 6.07 Å². The highest BCUT2D eigenvalue weighted by Crippen LogP contribution is 2.13. The molecule has 1 aliphatic rings. The Hall–Kier alpha value is -1.49. The lowest BCUT2D eigenvalue weighted by Crippen LogP contribution is -2.32. The van der Waals surface area contributed by atoms with Gasteiger partial charge in [0.1, 0.15) is 0 Å². The number of nitrogens with one attached hydrogen (secondary N) is 1. The van der Waals surface area contributed by atoms with Crippen LogP contribution in [-0.4, -0.2) is 25.2 Å². The van der Waals surface area contributed by atoms with Crippen LogP contribution in [-0.2, 0) is 4.74 Å². The maximum atomic E-state index is 13.3. The van der Waals surface area contributed by atoms with Crippen LogP contribution in [0.4, 0.5) is 8.78 Å². The molecule has 0 bridgehead atoms. The van der Waals surface area contributed by atoms with Crippen LogP contribution in [0.2, 0.25) is 0 Å².